The quantitative estimate of drug-likeness (QED) is 0.497. The minimum Gasteiger partial charge on any atom is -0.480 e. The number of hydrogen-bond donors (Lipinski definition) is 3. The normalized spacial score (nSPS) is 23.3. The maximum Gasteiger partial charge on any atom is 0.325 e. The molecule has 3 aromatic rings. The SMILES string of the molecule is O=C(O)[C@@]1(NS(=O)(=O)c2ccc(-c3ccc(Cl)cc3)s2)C[C@@]1(CO)c1ccccc1. The van der Waals surface area contributed by atoms with Crippen LogP contribution in [-0.4, -0.2) is 36.7 Å². The van der Waals surface area contributed by atoms with Gasteiger partial charge in [0.15, 0.2) is 0 Å². The van der Waals surface area contributed by atoms with Crippen LogP contribution >= 0.6 is 22.9 Å². The maximum absolute atomic E-state index is 13.1. The number of carboxylic acids is 1. The maximum atomic E-state index is 13.1. The highest BCUT2D eigenvalue weighted by atomic mass is 35.5. The fourth-order valence-electron chi connectivity index (χ4n) is 3.77. The van der Waals surface area contributed by atoms with Crippen LogP contribution < -0.4 is 4.72 Å². The molecule has 0 amide bonds. The average molecular weight is 464 g/mol. The minimum absolute atomic E-state index is 0.000114. The van der Waals surface area contributed by atoms with Gasteiger partial charge in [-0.2, -0.15) is 4.72 Å². The smallest absolute Gasteiger partial charge is 0.325 e. The molecule has 0 bridgehead atoms. The van der Waals surface area contributed by atoms with Gasteiger partial charge < -0.3 is 10.2 Å². The number of carbonyl (C=O) groups is 1. The monoisotopic (exact) mass is 463 g/mol. The predicted octanol–water partition coefficient (Wildman–Crippen LogP) is 3.50. The number of aliphatic hydroxyl groups excluding tert-OH is 1. The molecular formula is C21H18ClNO5S2. The molecule has 3 N–H and O–H groups in total. The van der Waals surface area contributed by atoms with Crippen LogP contribution in [0.1, 0.15) is 12.0 Å². The molecule has 0 spiro atoms. The number of carboxylic acid groups (broad SMARTS) is 1. The second kappa shape index (κ2) is 7.47. The van der Waals surface area contributed by atoms with Crippen molar-refractivity contribution in [2.24, 2.45) is 0 Å². The molecule has 0 saturated heterocycles. The van der Waals surface area contributed by atoms with E-state index in [-0.39, 0.29) is 10.6 Å². The van der Waals surface area contributed by atoms with Crippen molar-refractivity contribution in [1.82, 2.24) is 4.72 Å². The topological polar surface area (TPSA) is 104 Å². The Morgan fingerprint density at radius 1 is 1.07 bits per heavy atom. The molecule has 1 heterocycles. The van der Waals surface area contributed by atoms with Crippen LogP contribution in [0.4, 0.5) is 0 Å². The molecule has 4 rings (SSSR count). The van der Waals surface area contributed by atoms with Crippen molar-refractivity contribution in [3.8, 4) is 10.4 Å². The first kappa shape index (κ1) is 21.0. The lowest BCUT2D eigenvalue weighted by Crippen LogP contribution is -2.49. The standard InChI is InChI=1S/C21H18ClNO5S2/c22-16-8-6-14(7-9-16)17-10-11-18(29-17)30(27,28)23-21(19(25)26)12-20(21,13-24)15-4-2-1-3-5-15/h1-11,23-24H,12-13H2,(H,25,26)/t20-,21+/m1/s1. The van der Waals surface area contributed by atoms with E-state index in [4.69, 9.17) is 11.6 Å². The second-order valence-corrected chi connectivity index (χ2v) is 10.7. The van der Waals surface area contributed by atoms with Crippen LogP contribution in [0.3, 0.4) is 0 Å². The Labute approximate surface area is 182 Å². The summed E-state index contributed by atoms with van der Waals surface area (Å²) in [5, 5.41) is 20.5. The lowest BCUT2D eigenvalue weighted by Gasteiger charge is -2.22. The third kappa shape index (κ3) is 3.34. The summed E-state index contributed by atoms with van der Waals surface area (Å²) in [6.07, 6.45) is -0.0372. The van der Waals surface area contributed by atoms with Crippen molar-refractivity contribution in [1.29, 1.82) is 0 Å². The van der Waals surface area contributed by atoms with E-state index in [9.17, 15) is 23.4 Å². The fourth-order valence-corrected chi connectivity index (χ4v) is 6.63. The van der Waals surface area contributed by atoms with Gasteiger partial charge in [0, 0.05) is 9.90 Å². The summed E-state index contributed by atoms with van der Waals surface area (Å²) in [5.41, 5.74) is -1.65. The molecule has 0 unspecified atom stereocenters. The molecule has 6 nitrogen and oxygen atoms in total. The van der Waals surface area contributed by atoms with E-state index in [0.717, 1.165) is 16.9 Å². The van der Waals surface area contributed by atoms with Gasteiger partial charge in [0.1, 0.15) is 9.75 Å². The number of sulfonamides is 1. The third-order valence-corrected chi connectivity index (χ3v) is 8.88. The summed E-state index contributed by atoms with van der Waals surface area (Å²) in [6, 6.07) is 18.7. The fraction of sp³-hybridized carbons (Fsp3) is 0.190. The van der Waals surface area contributed by atoms with Crippen molar-refractivity contribution >= 4 is 38.9 Å². The van der Waals surface area contributed by atoms with Crippen LogP contribution in [0.5, 0.6) is 0 Å². The summed E-state index contributed by atoms with van der Waals surface area (Å²) in [7, 11) is -4.13. The number of aliphatic hydroxyl groups is 1. The second-order valence-electron chi connectivity index (χ2n) is 7.22. The lowest BCUT2D eigenvalue weighted by molar-refractivity contribution is -0.141. The number of thiophene rings is 1. The summed E-state index contributed by atoms with van der Waals surface area (Å²) in [6.45, 7) is -0.494. The van der Waals surface area contributed by atoms with Gasteiger partial charge in [-0.15, -0.1) is 11.3 Å². The van der Waals surface area contributed by atoms with E-state index in [0.29, 0.717) is 15.5 Å². The average Bonchev–Trinajstić information content (AvgIpc) is 3.12. The first-order valence-corrected chi connectivity index (χ1v) is 11.7. The number of nitrogens with one attached hydrogen (secondary N) is 1. The number of hydrogen-bond acceptors (Lipinski definition) is 5. The van der Waals surface area contributed by atoms with Crippen LogP contribution in [0.2, 0.25) is 5.02 Å². The van der Waals surface area contributed by atoms with Crippen LogP contribution in [0.25, 0.3) is 10.4 Å². The highest BCUT2D eigenvalue weighted by Crippen LogP contribution is 2.58. The van der Waals surface area contributed by atoms with Gasteiger partial charge in [-0.3, -0.25) is 4.79 Å². The number of halogens is 1. The predicted molar refractivity (Wildman–Crippen MR) is 115 cm³/mol. The van der Waals surface area contributed by atoms with Crippen molar-refractivity contribution in [3.05, 3.63) is 77.3 Å². The van der Waals surface area contributed by atoms with E-state index in [2.05, 4.69) is 4.72 Å². The zero-order chi connectivity index (χ0) is 21.6. The van der Waals surface area contributed by atoms with Crippen molar-refractivity contribution in [2.45, 2.75) is 21.6 Å². The Balaban J connectivity index is 1.67. The van der Waals surface area contributed by atoms with E-state index in [1.807, 2.05) is 0 Å². The Morgan fingerprint density at radius 3 is 2.33 bits per heavy atom. The molecule has 1 fully saturated rings. The molecule has 1 saturated carbocycles. The first-order valence-electron chi connectivity index (χ1n) is 9.04. The van der Waals surface area contributed by atoms with Crippen LogP contribution in [-0.2, 0) is 20.2 Å². The Bertz CT molecular complexity index is 1190. The summed E-state index contributed by atoms with van der Waals surface area (Å²) < 4.78 is 28.5. The molecule has 1 aliphatic rings. The lowest BCUT2D eigenvalue weighted by atomic mass is 9.91. The molecular weight excluding hydrogens is 446 g/mol. The van der Waals surface area contributed by atoms with E-state index in [1.165, 1.54) is 6.07 Å². The summed E-state index contributed by atoms with van der Waals surface area (Å²) in [4.78, 5) is 12.9. The minimum atomic E-state index is -4.13. The van der Waals surface area contributed by atoms with Gasteiger partial charge in [0.05, 0.1) is 12.0 Å². The van der Waals surface area contributed by atoms with Gasteiger partial charge in [0.2, 0.25) is 0 Å². The molecule has 30 heavy (non-hydrogen) atoms. The van der Waals surface area contributed by atoms with Gasteiger partial charge >= 0.3 is 5.97 Å². The molecule has 1 aliphatic carbocycles. The molecule has 2 atom stereocenters. The van der Waals surface area contributed by atoms with Gasteiger partial charge in [-0.05, 0) is 41.8 Å². The summed E-state index contributed by atoms with van der Waals surface area (Å²) >= 11 is 6.93. The van der Waals surface area contributed by atoms with Gasteiger partial charge in [0.25, 0.3) is 10.0 Å². The molecule has 1 aromatic heterocycles. The third-order valence-electron chi connectivity index (χ3n) is 5.50. The van der Waals surface area contributed by atoms with E-state index >= 15 is 0 Å². The molecule has 9 heteroatoms. The molecule has 0 radical (unpaired) electrons. The van der Waals surface area contributed by atoms with E-state index < -0.39 is 33.6 Å². The van der Waals surface area contributed by atoms with Crippen molar-refractivity contribution in [3.63, 3.8) is 0 Å². The van der Waals surface area contributed by atoms with Crippen molar-refractivity contribution < 1.29 is 23.4 Å². The summed E-state index contributed by atoms with van der Waals surface area (Å²) in [5.74, 6) is -1.32. The Morgan fingerprint density at radius 2 is 1.73 bits per heavy atom. The number of benzene rings is 2. The highest BCUT2D eigenvalue weighted by molar-refractivity contribution is 7.91. The number of rotatable bonds is 7. The van der Waals surface area contributed by atoms with Crippen LogP contribution in [0.15, 0.2) is 70.9 Å². The zero-order valence-corrected chi connectivity index (χ0v) is 18.0. The Kier molecular flexibility index (Phi) is 5.24. The van der Waals surface area contributed by atoms with Gasteiger partial charge in [-0.25, -0.2) is 8.42 Å². The number of aliphatic carboxylic acids is 1. The molecule has 0 aliphatic heterocycles. The zero-order valence-electron chi connectivity index (χ0n) is 15.6. The van der Waals surface area contributed by atoms with Gasteiger partial charge in [-0.1, -0.05) is 54.1 Å². The van der Waals surface area contributed by atoms with Crippen LogP contribution in [0, 0.1) is 0 Å². The largest absolute Gasteiger partial charge is 0.480 e. The molecule has 156 valence electrons. The highest BCUT2D eigenvalue weighted by Gasteiger charge is 2.74. The Hall–Kier alpha value is -2.23. The molecule has 2 aromatic carbocycles. The van der Waals surface area contributed by atoms with Crippen molar-refractivity contribution in [2.75, 3.05) is 6.61 Å². The first-order chi connectivity index (χ1) is 14.2. The van der Waals surface area contributed by atoms with E-state index in [1.54, 1.807) is 60.7 Å².